The molecule has 0 aliphatic heterocycles. The summed E-state index contributed by atoms with van der Waals surface area (Å²) in [6.45, 7) is 10.6. The molecule has 0 amide bonds. The maximum atomic E-state index is 11.0. The minimum Gasteiger partial charge on any atom is -0.378 e. The Morgan fingerprint density at radius 3 is 2.35 bits per heavy atom. The lowest BCUT2D eigenvalue weighted by atomic mass is 10.0. The van der Waals surface area contributed by atoms with Gasteiger partial charge in [0.1, 0.15) is 9.84 Å². The Balaban J connectivity index is 0. The first-order valence-electron chi connectivity index (χ1n) is 8.05. The lowest BCUT2D eigenvalue weighted by molar-refractivity contribution is 0.157. The predicted octanol–water partition coefficient (Wildman–Crippen LogP) is 2.05. The third kappa shape index (κ3) is 18.1. The molecule has 0 aromatic rings. The molecule has 8 heteroatoms. The van der Waals surface area contributed by atoms with Gasteiger partial charge in [0, 0.05) is 18.8 Å². The molecule has 1 atom stereocenters. The second-order valence-electron chi connectivity index (χ2n) is 6.02. The van der Waals surface area contributed by atoms with Crippen LogP contribution in [0.1, 0.15) is 40.5 Å². The molecule has 0 aliphatic carbocycles. The van der Waals surface area contributed by atoms with Crippen LogP contribution in [0.4, 0.5) is 0 Å². The smallest absolute Gasteiger partial charge is 0.191 e. The quantitative estimate of drug-likeness (QED) is 0.212. The summed E-state index contributed by atoms with van der Waals surface area (Å²) < 4.78 is 27.2. The van der Waals surface area contributed by atoms with E-state index in [4.69, 9.17) is 4.74 Å². The van der Waals surface area contributed by atoms with E-state index in [0.717, 1.165) is 18.9 Å². The van der Waals surface area contributed by atoms with E-state index in [-0.39, 0.29) is 36.3 Å². The Bertz CT molecular complexity index is 414. The molecule has 1 unspecified atom stereocenters. The third-order valence-corrected chi connectivity index (χ3v) is 3.92. The summed E-state index contributed by atoms with van der Waals surface area (Å²) in [5, 5.41) is 6.58. The molecule has 0 spiro atoms. The van der Waals surface area contributed by atoms with Crippen LogP contribution in [0.2, 0.25) is 0 Å². The van der Waals surface area contributed by atoms with Gasteiger partial charge >= 0.3 is 0 Å². The zero-order chi connectivity index (χ0) is 17.0. The number of nitrogens with one attached hydrogen (secondary N) is 2. The minimum atomic E-state index is -2.95. The van der Waals surface area contributed by atoms with Crippen LogP contribution in [0, 0.1) is 5.92 Å². The molecule has 0 rings (SSSR count). The molecule has 0 aromatic carbocycles. The van der Waals surface area contributed by atoms with E-state index >= 15 is 0 Å². The molecule has 2 N–H and O–H groups in total. The van der Waals surface area contributed by atoms with Gasteiger partial charge in [-0.15, -0.1) is 24.0 Å². The Morgan fingerprint density at radius 1 is 1.17 bits per heavy atom. The van der Waals surface area contributed by atoms with E-state index in [9.17, 15) is 8.42 Å². The fraction of sp³-hybridized carbons (Fsp3) is 0.933. The first-order chi connectivity index (χ1) is 10.2. The van der Waals surface area contributed by atoms with Crippen LogP contribution in [-0.2, 0) is 14.6 Å². The first-order valence-corrected chi connectivity index (χ1v) is 10.1. The largest absolute Gasteiger partial charge is 0.378 e. The Hall–Kier alpha value is -0.0900. The number of guanidine groups is 1. The summed E-state index contributed by atoms with van der Waals surface area (Å²) in [6.07, 6.45) is 3.50. The fourth-order valence-electron chi connectivity index (χ4n) is 1.74. The number of halogens is 1. The van der Waals surface area contributed by atoms with Crippen LogP contribution in [-0.4, -0.2) is 58.7 Å². The maximum Gasteiger partial charge on any atom is 0.191 e. The summed E-state index contributed by atoms with van der Waals surface area (Å²) in [5.41, 5.74) is 0. The van der Waals surface area contributed by atoms with Crippen LogP contribution in [0.15, 0.2) is 4.99 Å². The Morgan fingerprint density at radius 2 is 1.83 bits per heavy atom. The van der Waals surface area contributed by atoms with E-state index in [2.05, 4.69) is 36.4 Å². The lowest BCUT2D eigenvalue weighted by Crippen LogP contribution is -2.42. The van der Waals surface area contributed by atoms with Crippen LogP contribution < -0.4 is 10.6 Å². The van der Waals surface area contributed by atoms with E-state index in [0.29, 0.717) is 25.1 Å². The molecule has 0 saturated carbocycles. The van der Waals surface area contributed by atoms with Crippen molar-refractivity contribution >= 4 is 39.8 Å². The second-order valence-corrected chi connectivity index (χ2v) is 8.28. The van der Waals surface area contributed by atoms with Crippen molar-refractivity contribution in [2.45, 2.75) is 46.6 Å². The van der Waals surface area contributed by atoms with E-state index in [1.54, 1.807) is 0 Å². The van der Waals surface area contributed by atoms with Gasteiger partial charge in [0.2, 0.25) is 0 Å². The summed E-state index contributed by atoms with van der Waals surface area (Å²) in [7, 11) is -2.95. The third-order valence-electron chi connectivity index (χ3n) is 3.01. The highest BCUT2D eigenvalue weighted by Crippen LogP contribution is 2.06. The van der Waals surface area contributed by atoms with E-state index in [1.807, 2.05) is 6.92 Å². The Labute approximate surface area is 159 Å². The van der Waals surface area contributed by atoms with Gasteiger partial charge in [0.25, 0.3) is 0 Å². The molecule has 140 valence electrons. The van der Waals surface area contributed by atoms with E-state index in [1.165, 1.54) is 12.7 Å². The number of aliphatic imine (C=N–C) groups is 1. The molecule has 0 aliphatic rings. The molecular formula is C15H34IN3O3S. The number of hydrogen-bond acceptors (Lipinski definition) is 4. The predicted molar refractivity (Wildman–Crippen MR) is 109 cm³/mol. The lowest BCUT2D eigenvalue weighted by Gasteiger charge is -2.18. The molecule has 23 heavy (non-hydrogen) atoms. The fourth-order valence-corrected chi connectivity index (χ4v) is 2.16. The molecule has 0 radical (unpaired) electrons. The van der Waals surface area contributed by atoms with Crippen LogP contribution >= 0.6 is 24.0 Å². The molecular weight excluding hydrogens is 429 g/mol. The first kappa shape index (κ1) is 25.2. The van der Waals surface area contributed by atoms with Gasteiger partial charge < -0.3 is 15.4 Å². The number of hydrogen-bond donors (Lipinski definition) is 2. The molecule has 0 bridgehead atoms. The van der Waals surface area contributed by atoms with Gasteiger partial charge in [0.15, 0.2) is 5.96 Å². The van der Waals surface area contributed by atoms with Crippen molar-refractivity contribution in [2.24, 2.45) is 10.9 Å². The zero-order valence-corrected chi connectivity index (χ0v) is 18.2. The SMILES string of the molecule is CCNC(=NCCOCCS(C)(=O)=O)NC(C)CCC(C)C.I. The topological polar surface area (TPSA) is 79.8 Å². The van der Waals surface area contributed by atoms with Crippen LogP contribution in [0.25, 0.3) is 0 Å². The molecule has 0 fully saturated rings. The van der Waals surface area contributed by atoms with Crippen molar-refractivity contribution in [1.29, 1.82) is 0 Å². The van der Waals surface area contributed by atoms with Crippen molar-refractivity contribution < 1.29 is 13.2 Å². The monoisotopic (exact) mass is 463 g/mol. The number of sulfone groups is 1. The number of nitrogens with zero attached hydrogens (tertiary/aromatic N) is 1. The number of ether oxygens (including phenoxy) is 1. The van der Waals surface area contributed by atoms with Gasteiger partial charge in [-0.25, -0.2) is 8.42 Å². The van der Waals surface area contributed by atoms with Crippen molar-refractivity contribution in [3.05, 3.63) is 0 Å². The van der Waals surface area contributed by atoms with Crippen molar-refractivity contribution in [1.82, 2.24) is 10.6 Å². The average molecular weight is 463 g/mol. The highest BCUT2D eigenvalue weighted by molar-refractivity contribution is 14.0. The number of rotatable bonds is 11. The normalized spacial score (nSPS) is 13.6. The summed E-state index contributed by atoms with van der Waals surface area (Å²) in [4.78, 5) is 4.43. The minimum absolute atomic E-state index is 0. The summed E-state index contributed by atoms with van der Waals surface area (Å²) >= 11 is 0. The summed E-state index contributed by atoms with van der Waals surface area (Å²) in [5.74, 6) is 1.54. The molecule has 0 aromatic heterocycles. The molecule has 0 saturated heterocycles. The van der Waals surface area contributed by atoms with Crippen LogP contribution in [0.5, 0.6) is 0 Å². The van der Waals surface area contributed by atoms with Crippen molar-refractivity contribution in [3.63, 3.8) is 0 Å². The molecule has 6 nitrogen and oxygen atoms in total. The van der Waals surface area contributed by atoms with Gasteiger partial charge in [-0.05, 0) is 32.6 Å². The maximum absolute atomic E-state index is 11.0. The van der Waals surface area contributed by atoms with E-state index < -0.39 is 9.84 Å². The van der Waals surface area contributed by atoms with Gasteiger partial charge in [0.05, 0.1) is 25.5 Å². The van der Waals surface area contributed by atoms with Gasteiger partial charge in [-0.1, -0.05) is 13.8 Å². The van der Waals surface area contributed by atoms with Gasteiger partial charge in [-0.3, -0.25) is 4.99 Å². The van der Waals surface area contributed by atoms with Crippen molar-refractivity contribution in [3.8, 4) is 0 Å². The second kappa shape index (κ2) is 14.3. The zero-order valence-electron chi connectivity index (χ0n) is 15.1. The highest BCUT2D eigenvalue weighted by Gasteiger charge is 2.06. The average Bonchev–Trinajstić information content (AvgIpc) is 2.39. The standard InChI is InChI=1S/C15H33N3O3S.HI/c1-6-16-15(18-14(4)8-7-13(2)3)17-9-10-21-11-12-22(5,19)20;/h13-14H,6-12H2,1-5H3,(H2,16,17,18);1H. The van der Waals surface area contributed by atoms with Gasteiger partial charge in [-0.2, -0.15) is 0 Å². The Kier molecular flexibility index (Phi) is 15.6. The van der Waals surface area contributed by atoms with Crippen LogP contribution in [0.3, 0.4) is 0 Å². The van der Waals surface area contributed by atoms with Crippen molar-refractivity contribution in [2.75, 3.05) is 38.3 Å². The highest BCUT2D eigenvalue weighted by atomic mass is 127. The molecule has 0 heterocycles. The summed E-state index contributed by atoms with van der Waals surface area (Å²) in [6, 6.07) is 0.367.